The summed E-state index contributed by atoms with van der Waals surface area (Å²) in [5.41, 5.74) is 0.119. The molecule has 1 fully saturated rings. The third-order valence-electron chi connectivity index (χ3n) is 4.92. The van der Waals surface area contributed by atoms with E-state index < -0.39 is 5.41 Å². The van der Waals surface area contributed by atoms with Crippen molar-refractivity contribution in [3.05, 3.63) is 47.5 Å². The van der Waals surface area contributed by atoms with Crippen molar-refractivity contribution in [2.75, 3.05) is 13.1 Å². The number of allylic oxidation sites excluding steroid dienone is 1. The average Bonchev–Trinajstić information content (AvgIpc) is 2.94. The molecule has 0 N–H and O–H groups in total. The van der Waals surface area contributed by atoms with Gasteiger partial charge in [0, 0.05) is 29.5 Å². The van der Waals surface area contributed by atoms with E-state index in [4.69, 9.17) is 0 Å². The Hall–Kier alpha value is -2.41. The number of ketones is 1. The Kier molecular flexibility index (Phi) is 3.60. The Labute approximate surface area is 136 Å². The standard InChI is InChI=1S/C19H20N2O2/c1-18(2)12-19(10-15(11-20)16(18)22)8-9-21(13-19)17(23)14-6-4-3-5-7-14/h3-7,10H,8-9,12-13H2,1-2H3. The summed E-state index contributed by atoms with van der Waals surface area (Å²) in [6.07, 6.45) is 3.30. The van der Waals surface area contributed by atoms with Crippen LogP contribution in [-0.2, 0) is 4.79 Å². The van der Waals surface area contributed by atoms with E-state index in [2.05, 4.69) is 0 Å². The first kappa shape index (κ1) is 15.5. The number of rotatable bonds is 1. The molecular formula is C19H20N2O2. The fraction of sp³-hybridized carbons (Fsp3) is 0.421. The number of likely N-dealkylation sites (tertiary alicyclic amines) is 1. The van der Waals surface area contributed by atoms with Crippen LogP contribution in [0.2, 0.25) is 0 Å². The minimum atomic E-state index is -0.550. The van der Waals surface area contributed by atoms with Crippen LogP contribution in [0.3, 0.4) is 0 Å². The van der Waals surface area contributed by atoms with Crippen molar-refractivity contribution in [3.8, 4) is 6.07 Å². The molecule has 3 rings (SSSR count). The van der Waals surface area contributed by atoms with E-state index in [9.17, 15) is 14.9 Å². The Morgan fingerprint density at radius 2 is 1.96 bits per heavy atom. The molecule has 2 aliphatic rings. The number of carbonyl (C=O) groups is 2. The van der Waals surface area contributed by atoms with Crippen LogP contribution in [0.25, 0.3) is 0 Å². The highest BCUT2D eigenvalue weighted by atomic mass is 16.2. The number of hydrogen-bond donors (Lipinski definition) is 0. The van der Waals surface area contributed by atoms with Crippen LogP contribution >= 0.6 is 0 Å². The summed E-state index contributed by atoms with van der Waals surface area (Å²) >= 11 is 0. The van der Waals surface area contributed by atoms with Gasteiger partial charge in [-0.3, -0.25) is 9.59 Å². The molecule has 0 bridgehead atoms. The highest BCUT2D eigenvalue weighted by Gasteiger charge is 2.48. The van der Waals surface area contributed by atoms with Crippen molar-refractivity contribution in [2.45, 2.75) is 26.7 Å². The fourth-order valence-corrected chi connectivity index (χ4v) is 3.93. The lowest BCUT2D eigenvalue weighted by Crippen LogP contribution is -2.40. The summed E-state index contributed by atoms with van der Waals surface area (Å²) in [4.78, 5) is 26.7. The van der Waals surface area contributed by atoms with Gasteiger partial charge in [-0.1, -0.05) is 38.1 Å². The van der Waals surface area contributed by atoms with Crippen molar-refractivity contribution in [3.63, 3.8) is 0 Å². The largest absolute Gasteiger partial charge is 0.338 e. The first-order valence-corrected chi connectivity index (χ1v) is 7.89. The number of nitrogens with zero attached hydrogens (tertiary/aromatic N) is 2. The summed E-state index contributed by atoms with van der Waals surface area (Å²) in [5.74, 6) is -0.0671. The smallest absolute Gasteiger partial charge is 0.253 e. The Morgan fingerprint density at radius 1 is 1.26 bits per heavy atom. The summed E-state index contributed by atoms with van der Waals surface area (Å²) < 4.78 is 0. The monoisotopic (exact) mass is 308 g/mol. The normalized spacial score (nSPS) is 26.0. The van der Waals surface area contributed by atoms with Crippen molar-refractivity contribution in [2.24, 2.45) is 10.8 Å². The zero-order chi connectivity index (χ0) is 16.7. The first-order valence-electron chi connectivity index (χ1n) is 7.89. The molecule has 1 spiro atoms. The SMILES string of the molecule is CC1(C)CC2(C=C(C#N)C1=O)CCN(C(=O)c1ccccc1)C2. The number of carbonyl (C=O) groups excluding carboxylic acids is 2. The van der Waals surface area contributed by atoms with Gasteiger partial charge in [0.2, 0.25) is 0 Å². The molecule has 4 heteroatoms. The lowest BCUT2D eigenvalue weighted by molar-refractivity contribution is -0.125. The number of nitriles is 1. The fourth-order valence-electron chi connectivity index (χ4n) is 3.93. The predicted octanol–water partition coefficient (Wildman–Crippen LogP) is 2.97. The molecule has 1 aromatic rings. The first-order chi connectivity index (χ1) is 10.9. The molecule has 0 aromatic heterocycles. The summed E-state index contributed by atoms with van der Waals surface area (Å²) in [7, 11) is 0. The van der Waals surface area contributed by atoms with Gasteiger partial charge in [0.1, 0.15) is 6.07 Å². The Balaban J connectivity index is 1.87. The summed E-state index contributed by atoms with van der Waals surface area (Å²) in [6, 6.07) is 11.3. The maximum Gasteiger partial charge on any atom is 0.253 e. The maximum absolute atomic E-state index is 12.6. The van der Waals surface area contributed by atoms with Gasteiger partial charge in [0.15, 0.2) is 5.78 Å². The van der Waals surface area contributed by atoms with Gasteiger partial charge in [-0.2, -0.15) is 5.26 Å². The van der Waals surface area contributed by atoms with Gasteiger partial charge >= 0.3 is 0 Å². The Bertz CT molecular complexity index is 727. The van der Waals surface area contributed by atoms with Crippen molar-refractivity contribution >= 4 is 11.7 Å². The van der Waals surface area contributed by atoms with Gasteiger partial charge in [0.05, 0.1) is 5.57 Å². The minimum Gasteiger partial charge on any atom is -0.338 e. The van der Waals surface area contributed by atoms with E-state index in [1.807, 2.05) is 61.2 Å². The Morgan fingerprint density at radius 3 is 2.61 bits per heavy atom. The second-order valence-electron chi connectivity index (χ2n) is 7.26. The maximum atomic E-state index is 12.6. The zero-order valence-corrected chi connectivity index (χ0v) is 13.5. The van der Waals surface area contributed by atoms with Crippen LogP contribution in [0.5, 0.6) is 0 Å². The minimum absolute atomic E-state index is 0.0177. The van der Waals surface area contributed by atoms with Crippen molar-refractivity contribution in [1.82, 2.24) is 4.90 Å². The van der Waals surface area contributed by atoms with Crippen LogP contribution < -0.4 is 0 Å². The zero-order valence-electron chi connectivity index (χ0n) is 13.5. The van der Waals surface area contributed by atoms with E-state index >= 15 is 0 Å². The van der Waals surface area contributed by atoms with Crippen LogP contribution in [0.1, 0.15) is 37.0 Å². The van der Waals surface area contributed by atoms with Gasteiger partial charge in [0.25, 0.3) is 5.91 Å². The van der Waals surface area contributed by atoms with Crippen molar-refractivity contribution < 1.29 is 9.59 Å². The molecule has 1 saturated heterocycles. The third kappa shape index (κ3) is 2.68. The number of benzene rings is 1. The average molecular weight is 308 g/mol. The van der Waals surface area contributed by atoms with Crippen molar-refractivity contribution in [1.29, 1.82) is 5.26 Å². The van der Waals surface area contributed by atoms with Gasteiger partial charge in [-0.05, 0) is 25.0 Å². The summed E-state index contributed by atoms with van der Waals surface area (Å²) in [5, 5.41) is 9.27. The second-order valence-corrected chi connectivity index (χ2v) is 7.26. The molecule has 1 aliphatic heterocycles. The molecule has 0 saturated carbocycles. The second kappa shape index (κ2) is 5.34. The van der Waals surface area contributed by atoms with E-state index in [1.54, 1.807) is 0 Å². The molecule has 1 heterocycles. The number of Topliss-reactive ketones (excluding diaryl/α,β-unsaturated/α-hetero) is 1. The number of amides is 1. The van der Waals surface area contributed by atoms with Crippen LogP contribution in [0.15, 0.2) is 42.0 Å². The molecule has 0 radical (unpaired) electrons. The van der Waals surface area contributed by atoms with Gasteiger partial charge in [-0.15, -0.1) is 0 Å². The molecule has 1 unspecified atom stereocenters. The third-order valence-corrected chi connectivity index (χ3v) is 4.92. The van der Waals surface area contributed by atoms with Gasteiger partial charge < -0.3 is 4.90 Å². The molecule has 118 valence electrons. The molecular weight excluding hydrogens is 288 g/mol. The van der Waals surface area contributed by atoms with Crippen LogP contribution in [-0.4, -0.2) is 29.7 Å². The lowest BCUT2D eigenvalue weighted by atomic mass is 9.64. The molecule has 1 atom stereocenters. The topological polar surface area (TPSA) is 61.2 Å². The molecule has 1 aliphatic carbocycles. The van der Waals surface area contributed by atoms with Crippen LogP contribution in [0, 0.1) is 22.2 Å². The predicted molar refractivity (Wildman–Crippen MR) is 86.5 cm³/mol. The van der Waals surface area contributed by atoms with E-state index in [0.717, 1.165) is 6.42 Å². The number of hydrogen-bond acceptors (Lipinski definition) is 3. The highest BCUT2D eigenvalue weighted by molar-refractivity contribution is 6.03. The molecule has 4 nitrogen and oxygen atoms in total. The molecule has 1 aromatic carbocycles. The lowest BCUT2D eigenvalue weighted by Gasteiger charge is -2.38. The highest BCUT2D eigenvalue weighted by Crippen LogP contribution is 2.48. The molecule has 23 heavy (non-hydrogen) atoms. The van der Waals surface area contributed by atoms with E-state index in [0.29, 0.717) is 25.1 Å². The summed E-state index contributed by atoms with van der Waals surface area (Å²) in [6.45, 7) is 5.02. The van der Waals surface area contributed by atoms with E-state index in [1.165, 1.54) is 0 Å². The van der Waals surface area contributed by atoms with Gasteiger partial charge in [-0.25, -0.2) is 0 Å². The molecule has 1 amide bonds. The quantitative estimate of drug-likeness (QED) is 0.801. The van der Waals surface area contributed by atoms with E-state index in [-0.39, 0.29) is 22.7 Å². The van der Waals surface area contributed by atoms with Crippen LogP contribution in [0.4, 0.5) is 0 Å².